The highest BCUT2D eigenvalue weighted by molar-refractivity contribution is 8.00. The van der Waals surface area contributed by atoms with Gasteiger partial charge in [-0.1, -0.05) is 30.3 Å². The minimum absolute atomic E-state index is 0.0252. The lowest BCUT2D eigenvalue weighted by molar-refractivity contribution is -0.129. The number of nitrogens with zero attached hydrogens (tertiary/aromatic N) is 2. The summed E-state index contributed by atoms with van der Waals surface area (Å²) in [7, 11) is 0. The monoisotopic (exact) mass is 410 g/mol. The number of likely N-dealkylation sites (tertiary alicyclic amines) is 1. The summed E-state index contributed by atoms with van der Waals surface area (Å²) in [6.07, 6.45) is 5.00. The molecule has 2 aliphatic heterocycles. The normalized spacial score (nSPS) is 18.5. The van der Waals surface area contributed by atoms with Gasteiger partial charge in [0.25, 0.3) is 5.91 Å². The van der Waals surface area contributed by atoms with Crippen molar-refractivity contribution in [3.63, 3.8) is 0 Å². The summed E-state index contributed by atoms with van der Waals surface area (Å²) < 4.78 is 13.1. The smallest absolute Gasteiger partial charge is 0.253 e. The summed E-state index contributed by atoms with van der Waals surface area (Å²) in [4.78, 5) is 29.1. The van der Waals surface area contributed by atoms with Crippen LogP contribution in [0.15, 0.2) is 60.7 Å². The van der Waals surface area contributed by atoms with Crippen molar-refractivity contribution >= 4 is 29.7 Å². The van der Waals surface area contributed by atoms with Crippen molar-refractivity contribution in [1.29, 1.82) is 0 Å². The van der Waals surface area contributed by atoms with Gasteiger partial charge in [-0.2, -0.15) is 0 Å². The molecule has 2 aliphatic rings. The number of hydrogen-bond acceptors (Lipinski definition) is 3. The lowest BCUT2D eigenvalue weighted by Gasteiger charge is -2.43. The maximum absolute atomic E-state index is 13.1. The van der Waals surface area contributed by atoms with Crippen LogP contribution in [0.25, 0.3) is 6.08 Å². The molecule has 4 nitrogen and oxygen atoms in total. The van der Waals surface area contributed by atoms with Crippen LogP contribution < -0.4 is 0 Å². The van der Waals surface area contributed by atoms with E-state index in [2.05, 4.69) is 0 Å². The van der Waals surface area contributed by atoms with Gasteiger partial charge in [0.1, 0.15) is 5.82 Å². The minimum atomic E-state index is -0.348. The van der Waals surface area contributed by atoms with Crippen LogP contribution in [0.3, 0.4) is 0 Å². The molecule has 2 amide bonds. The maximum Gasteiger partial charge on any atom is 0.253 e. The van der Waals surface area contributed by atoms with E-state index in [0.717, 1.165) is 30.7 Å². The molecule has 0 atom stereocenters. The van der Waals surface area contributed by atoms with Crippen molar-refractivity contribution in [2.75, 3.05) is 25.4 Å². The molecule has 1 spiro atoms. The number of carbonyl (C=O) groups is 2. The van der Waals surface area contributed by atoms with E-state index in [0.29, 0.717) is 18.7 Å². The fourth-order valence-corrected chi connectivity index (χ4v) is 5.45. The topological polar surface area (TPSA) is 40.6 Å². The van der Waals surface area contributed by atoms with E-state index in [9.17, 15) is 14.0 Å². The fraction of sp³-hybridized carbons (Fsp3) is 0.304. The Morgan fingerprint density at radius 3 is 2.34 bits per heavy atom. The molecule has 0 aromatic heterocycles. The molecule has 4 rings (SSSR count). The predicted octanol–water partition coefficient (Wildman–Crippen LogP) is 4.05. The van der Waals surface area contributed by atoms with E-state index < -0.39 is 0 Å². The van der Waals surface area contributed by atoms with E-state index in [-0.39, 0.29) is 22.5 Å². The number of piperidine rings is 1. The van der Waals surface area contributed by atoms with E-state index in [1.165, 1.54) is 24.3 Å². The number of halogens is 1. The van der Waals surface area contributed by atoms with Crippen molar-refractivity contribution in [3.8, 4) is 0 Å². The van der Waals surface area contributed by atoms with Gasteiger partial charge in [-0.25, -0.2) is 4.39 Å². The molecule has 6 heteroatoms. The summed E-state index contributed by atoms with van der Waals surface area (Å²) in [5.41, 5.74) is 1.50. The van der Waals surface area contributed by atoms with Gasteiger partial charge < -0.3 is 9.80 Å². The zero-order valence-corrected chi connectivity index (χ0v) is 16.9. The Morgan fingerprint density at radius 2 is 1.66 bits per heavy atom. The third-order valence-electron chi connectivity index (χ3n) is 5.58. The highest BCUT2D eigenvalue weighted by Gasteiger charge is 2.46. The summed E-state index contributed by atoms with van der Waals surface area (Å²) in [5.74, 6) is 0.512. The second-order valence-corrected chi connectivity index (χ2v) is 8.78. The average Bonchev–Trinajstić information content (AvgIpc) is 3.16. The van der Waals surface area contributed by atoms with Gasteiger partial charge in [-0.3, -0.25) is 9.59 Å². The third-order valence-corrected chi connectivity index (χ3v) is 7.14. The number of carbonyl (C=O) groups excluding carboxylic acids is 2. The Morgan fingerprint density at radius 1 is 0.966 bits per heavy atom. The molecule has 2 saturated heterocycles. The summed E-state index contributed by atoms with van der Waals surface area (Å²) >= 11 is 1.82. The molecule has 0 bridgehead atoms. The Bertz CT molecular complexity index is 906. The highest BCUT2D eigenvalue weighted by atomic mass is 32.2. The molecule has 2 fully saturated rings. The second kappa shape index (κ2) is 8.41. The largest absolute Gasteiger partial charge is 0.338 e. The summed E-state index contributed by atoms with van der Waals surface area (Å²) in [6, 6.07) is 15.5. The molecule has 0 radical (unpaired) electrons. The molecule has 2 heterocycles. The number of hydrogen-bond donors (Lipinski definition) is 0. The molecule has 150 valence electrons. The Balaban J connectivity index is 1.41. The van der Waals surface area contributed by atoms with Crippen molar-refractivity contribution < 1.29 is 14.0 Å². The van der Waals surface area contributed by atoms with Crippen LogP contribution in [0.1, 0.15) is 28.8 Å². The van der Waals surface area contributed by atoms with Gasteiger partial charge in [0, 0.05) is 37.0 Å². The molecule has 0 aliphatic carbocycles. The van der Waals surface area contributed by atoms with E-state index in [1.807, 2.05) is 53.1 Å². The Labute approximate surface area is 174 Å². The Kier molecular flexibility index (Phi) is 5.72. The molecular formula is C23H23FN2O2S. The molecule has 0 unspecified atom stereocenters. The van der Waals surface area contributed by atoms with Crippen LogP contribution in [-0.4, -0.2) is 51.9 Å². The number of amides is 2. The lowest BCUT2D eigenvalue weighted by atomic mass is 10.0. The number of benzene rings is 2. The van der Waals surface area contributed by atoms with Crippen LogP contribution in [-0.2, 0) is 4.79 Å². The first-order valence-electron chi connectivity index (χ1n) is 9.81. The molecule has 2 aromatic rings. The zero-order valence-electron chi connectivity index (χ0n) is 16.1. The fourth-order valence-electron chi connectivity index (χ4n) is 3.99. The van der Waals surface area contributed by atoms with Crippen molar-refractivity contribution in [1.82, 2.24) is 9.80 Å². The van der Waals surface area contributed by atoms with Crippen molar-refractivity contribution in [2.45, 2.75) is 17.7 Å². The predicted molar refractivity (Wildman–Crippen MR) is 114 cm³/mol. The van der Waals surface area contributed by atoms with Crippen LogP contribution >= 0.6 is 11.8 Å². The van der Waals surface area contributed by atoms with Crippen LogP contribution in [0.4, 0.5) is 4.39 Å². The first-order valence-corrected chi connectivity index (χ1v) is 10.8. The van der Waals surface area contributed by atoms with Gasteiger partial charge in [-0.05, 0) is 48.7 Å². The van der Waals surface area contributed by atoms with E-state index in [1.54, 1.807) is 11.0 Å². The van der Waals surface area contributed by atoms with Gasteiger partial charge in [-0.15, -0.1) is 11.8 Å². The second-order valence-electron chi connectivity index (χ2n) is 7.33. The van der Waals surface area contributed by atoms with Gasteiger partial charge in [0.05, 0.1) is 4.87 Å². The van der Waals surface area contributed by atoms with Crippen LogP contribution in [0.5, 0.6) is 0 Å². The van der Waals surface area contributed by atoms with Crippen LogP contribution in [0, 0.1) is 5.82 Å². The first-order chi connectivity index (χ1) is 14.1. The first kappa shape index (κ1) is 19.7. The summed E-state index contributed by atoms with van der Waals surface area (Å²) in [6.45, 7) is 1.92. The quantitative estimate of drug-likeness (QED) is 0.717. The van der Waals surface area contributed by atoms with Crippen molar-refractivity contribution in [2.24, 2.45) is 0 Å². The zero-order chi connectivity index (χ0) is 20.3. The van der Waals surface area contributed by atoms with Gasteiger partial charge in [0.2, 0.25) is 5.91 Å². The van der Waals surface area contributed by atoms with Gasteiger partial charge >= 0.3 is 0 Å². The maximum atomic E-state index is 13.1. The molecule has 0 saturated carbocycles. The standard InChI is InChI=1S/C23H23FN2O2S/c24-20-9-7-19(8-10-20)22(28)25-14-12-23(13-15-25)26(16-17-29-23)21(27)11-6-18-4-2-1-3-5-18/h1-11H,12-17H2. The third kappa shape index (κ3) is 4.22. The van der Waals surface area contributed by atoms with E-state index in [4.69, 9.17) is 0 Å². The lowest BCUT2D eigenvalue weighted by Crippen LogP contribution is -2.53. The SMILES string of the molecule is O=C(c1ccc(F)cc1)N1CCC2(CC1)SCCN2C(=O)C=Cc1ccccc1. The Hall–Kier alpha value is -2.60. The summed E-state index contributed by atoms with van der Waals surface area (Å²) in [5, 5.41) is 0. The minimum Gasteiger partial charge on any atom is -0.338 e. The molecule has 29 heavy (non-hydrogen) atoms. The highest BCUT2D eigenvalue weighted by Crippen LogP contribution is 2.44. The molecule has 2 aromatic carbocycles. The van der Waals surface area contributed by atoms with Gasteiger partial charge in [0.15, 0.2) is 0 Å². The number of rotatable bonds is 3. The molecule has 0 N–H and O–H groups in total. The molecular weight excluding hydrogens is 387 g/mol. The number of thioether (sulfide) groups is 1. The van der Waals surface area contributed by atoms with Crippen LogP contribution in [0.2, 0.25) is 0 Å². The van der Waals surface area contributed by atoms with Crippen molar-refractivity contribution in [3.05, 3.63) is 77.6 Å². The van der Waals surface area contributed by atoms with E-state index >= 15 is 0 Å². The average molecular weight is 411 g/mol.